The summed E-state index contributed by atoms with van der Waals surface area (Å²) in [5.74, 6) is 2.60. The Bertz CT molecular complexity index is 742. The van der Waals surface area contributed by atoms with Crippen molar-refractivity contribution in [2.75, 3.05) is 0 Å². The number of nitrogens with one attached hydrogen (secondary N) is 1. The van der Waals surface area contributed by atoms with Crippen molar-refractivity contribution < 1.29 is 8.83 Å². The Labute approximate surface area is 124 Å². The van der Waals surface area contributed by atoms with Crippen molar-refractivity contribution >= 4 is 11.0 Å². The molecule has 0 aliphatic heterocycles. The van der Waals surface area contributed by atoms with E-state index in [0.29, 0.717) is 0 Å². The maximum Gasteiger partial charge on any atom is 0.211 e. The van der Waals surface area contributed by atoms with Crippen LogP contribution in [-0.2, 0) is 13.0 Å². The van der Waals surface area contributed by atoms with Crippen LogP contribution in [-0.4, -0.2) is 4.98 Å². The molecule has 4 nitrogen and oxygen atoms in total. The van der Waals surface area contributed by atoms with E-state index in [0.717, 1.165) is 36.0 Å². The van der Waals surface area contributed by atoms with Crippen molar-refractivity contribution in [2.45, 2.75) is 39.8 Å². The number of fused-ring (bicyclic) bond motifs is 1. The predicted molar refractivity (Wildman–Crippen MR) is 82.1 cm³/mol. The van der Waals surface area contributed by atoms with Gasteiger partial charge in [-0.15, -0.1) is 0 Å². The minimum Gasteiger partial charge on any atom is -0.461 e. The topological polar surface area (TPSA) is 51.2 Å². The lowest BCUT2D eigenvalue weighted by Gasteiger charge is -2.10. The van der Waals surface area contributed by atoms with Gasteiger partial charge >= 0.3 is 0 Å². The second kappa shape index (κ2) is 5.74. The number of furan rings is 1. The first-order valence-electron chi connectivity index (χ1n) is 7.34. The molecule has 0 aliphatic rings. The molecule has 0 spiro atoms. The molecular weight excluding hydrogens is 264 g/mol. The van der Waals surface area contributed by atoms with Gasteiger partial charge in [-0.3, -0.25) is 0 Å². The Morgan fingerprint density at radius 2 is 2.05 bits per heavy atom. The monoisotopic (exact) mass is 284 g/mol. The molecule has 4 heteroatoms. The van der Waals surface area contributed by atoms with E-state index in [1.54, 1.807) is 6.20 Å². The summed E-state index contributed by atoms with van der Waals surface area (Å²) in [6.45, 7) is 6.81. The van der Waals surface area contributed by atoms with E-state index in [1.165, 1.54) is 10.9 Å². The molecule has 0 saturated carbocycles. The number of benzene rings is 1. The normalized spacial score (nSPS) is 12.9. The van der Waals surface area contributed by atoms with Gasteiger partial charge in [-0.05, 0) is 19.9 Å². The molecule has 2 heterocycles. The summed E-state index contributed by atoms with van der Waals surface area (Å²) in [4.78, 5) is 4.27. The molecule has 21 heavy (non-hydrogen) atoms. The lowest BCUT2D eigenvalue weighted by atomic mass is 10.1. The number of aryl methyl sites for hydroxylation is 2. The van der Waals surface area contributed by atoms with Crippen LogP contribution in [0.3, 0.4) is 0 Å². The van der Waals surface area contributed by atoms with Crippen molar-refractivity contribution in [3.63, 3.8) is 0 Å². The van der Waals surface area contributed by atoms with Gasteiger partial charge in [0.05, 0.1) is 12.2 Å². The van der Waals surface area contributed by atoms with E-state index in [-0.39, 0.29) is 6.04 Å². The molecule has 0 amide bonds. The third-order valence-electron chi connectivity index (χ3n) is 3.70. The minimum absolute atomic E-state index is 0.0667. The maximum atomic E-state index is 5.91. The highest BCUT2D eigenvalue weighted by molar-refractivity contribution is 5.82. The van der Waals surface area contributed by atoms with Crippen LogP contribution in [0.5, 0.6) is 0 Å². The molecule has 0 saturated heterocycles. The van der Waals surface area contributed by atoms with Crippen LogP contribution >= 0.6 is 0 Å². The first-order chi connectivity index (χ1) is 10.2. The SMILES string of the molecule is CCc1oc2ccccc2c1CNC(C)c1ncc(C)o1. The molecule has 3 rings (SSSR count). The quantitative estimate of drug-likeness (QED) is 0.765. The molecule has 1 atom stereocenters. The number of hydrogen-bond acceptors (Lipinski definition) is 4. The van der Waals surface area contributed by atoms with Gasteiger partial charge in [0.15, 0.2) is 0 Å². The van der Waals surface area contributed by atoms with Crippen LogP contribution in [0.15, 0.2) is 39.3 Å². The van der Waals surface area contributed by atoms with E-state index in [4.69, 9.17) is 8.83 Å². The van der Waals surface area contributed by atoms with Crippen LogP contribution in [0.25, 0.3) is 11.0 Å². The summed E-state index contributed by atoms with van der Waals surface area (Å²) in [5.41, 5.74) is 2.17. The van der Waals surface area contributed by atoms with Gasteiger partial charge in [0.2, 0.25) is 5.89 Å². The smallest absolute Gasteiger partial charge is 0.211 e. The molecule has 2 aromatic heterocycles. The van der Waals surface area contributed by atoms with Crippen LogP contribution in [0, 0.1) is 6.92 Å². The summed E-state index contributed by atoms with van der Waals surface area (Å²) < 4.78 is 11.5. The van der Waals surface area contributed by atoms with Gasteiger partial charge in [-0.25, -0.2) is 4.98 Å². The van der Waals surface area contributed by atoms with Gasteiger partial charge in [0, 0.05) is 23.9 Å². The van der Waals surface area contributed by atoms with Gasteiger partial charge in [0.25, 0.3) is 0 Å². The average molecular weight is 284 g/mol. The molecule has 1 unspecified atom stereocenters. The number of aromatic nitrogens is 1. The zero-order valence-corrected chi connectivity index (χ0v) is 12.6. The van der Waals surface area contributed by atoms with E-state index < -0.39 is 0 Å². The first-order valence-corrected chi connectivity index (χ1v) is 7.34. The van der Waals surface area contributed by atoms with Crippen molar-refractivity contribution in [1.82, 2.24) is 10.3 Å². The number of hydrogen-bond donors (Lipinski definition) is 1. The molecule has 110 valence electrons. The zero-order chi connectivity index (χ0) is 14.8. The second-order valence-electron chi connectivity index (χ2n) is 5.27. The number of rotatable bonds is 5. The molecule has 3 aromatic rings. The fraction of sp³-hybridized carbons (Fsp3) is 0.353. The van der Waals surface area contributed by atoms with Crippen LogP contribution in [0.4, 0.5) is 0 Å². The van der Waals surface area contributed by atoms with Crippen molar-refractivity contribution in [3.05, 3.63) is 53.4 Å². The van der Waals surface area contributed by atoms with Gasteiger partial charge in [-0.2, -0.15) is 0 Å². The highest BCUT2D eigenvalue weighted by Crippen LogP contribution is 2.26. The largest absolute Gasteiger partial charge is 0.461 e. The highest BCUT2D eigenvalue weighted by Gasteiger charge is 2.15. The van der Waals surface area contributed by atoms with Gasteiger partial charge in [-0.1, -0.05) is 25.1 Å². The zero-order valence-electron chi connectivity index (χ0n) is 12.6. The standard InChI is InChI=1S/C17H20N2O2/c1-4-15-14(13-7-5-6-8-16(13)21-15)10-18-12(3)17-19-9-11(2)20-17/h5-9,12,18H,4,10H2,1-3H3. The highest BCUT2D eigenvalue weighted by atomic mass is 16.4. The minimum atomic E-state index is 0.0667. The summed E-state index contributed by atoms with van der Waals surface area (Å²) in [6, 6.07) is 8.23. The molecule has 0 radical (unpaired) electrons. The van der Waals surface area contributed by atoms with Crippen LogP contribution in [0.2, 0.25) is 0 Å². The van der Waals surface area contributed by atoms with Crippen LogP contribution < -0.4 is 5.32 Å². The van der Waals surface area contributed by atoms with Gasteiger partial charge < -0.3 is 14.2 Å². The maximum absolute atomic E-state index is 5.91. The average Bonchev–Trinajstić information content (AvgIpc) is 3.08. The molecular formula is C17H20N2O2. The predicted octanol–water partition coefficient (Wildman–Crippen LogP) is 4.14. The number of nitrogens with zero attached hydrogens (tertiary/aromatic N) is 1. The Balaban J connectivity index is 1.81. The number of para-hydroxylation sites is 1. The van der Waals surface area contributed by atoms with Crippen molar-refractivity contribution in [1.29, 1.82) is 0 Å². The van der Waals surface area contributed by atoms with E-state index in [2.05, 4.69) is 30.2 Å². The Morgan fingerprint density at radius 3 is 2.76 bits per heavy atom. The summed E-state index contributed by atoms with van der Waals surface area (Å²) >= 11 is 0. The second-order valence-corrected chi connectivity index (χ2v) is 5.27. The Hall–Kier alpha value is -2.07. The van der Waals surface area contributed by atoms with Crippen molar-refractivity contribution in [2.24, 2.45) is 0 Å². The first kappa shape index (κ1) is 13.9. The molecule has 1 N–H and O–H groups in total. The summed E-state index contributed by atoms with van der Waals surface area (Å²) in [7, 11) is 0. The third kappa shape index (κ3) is 2.72. The molecule has 0 bridgehead atoms. The number of oxazole rings is 1. The molecule has 1 aromatic carbocycles. The lowest BCUT2D eigenvalue weighted by Crippen LogP contribution is -2.18. The van der Waals surface area contributed by atoms with Gasteiger partial charge in [0.1, 0.15) is 17.1 Å². The van der Waals surface area contributed by atoms with Crippen molar-refractivity contribution in [3.8, 4) is 0 Å². The van der Waals surface area contributed by atoms with E-state index in [1.807, 2.05) is 25.1 Å². The third-order valence-corrected chi connectivity index (χ3v) is 3.70. The fourth-order valence-corrected chi connectivity index (χ4v) is 2.54. The molecule has 0 fully saturated rings. The fourth-order valence-electron chi connectivity index (χ4n) is 2.54. The van der Waals surface area contributed by atoms with E-state index in [9.17, 15) is 0 Å². The summed E-state index contributed by atoms with van der Waals surface area (Å²) in [6.07, 6.45) is 2.64. The van der Waals surface area contributed by atoms with E-state index >= 15 is 0 Å². The Morgan fingerprint density at radius 1 is 1.24 bits per heavy atom. The summed E-state index contributed by atoms with van der Waals surface area (Å²) in [5, 5.41) is 4.64. The molecule has 0 aliphatic carbocycles. The van der Waals surface area contributed by atoms with Crippen LogP contribution in [0.1, 0.15) is 42.9 Å². The Kier molecular flexibility index (Phi) is 3.80. The lowest BCUT2D eigenvalue weighted by molar-refractivity contribution is 0.401.